The van der Waals surface area contributed by atoms with Crippen LogP contribution >= 0.6 is 0 Å². The summed E-state index contributed by atoms with van der Waals surface area (Å²) in [5.74, 6) is 3.42. The number of piperidine rings is 1. The molecule has 2 heterocycles. The lowest BCUT2D eigenvalue weighted by Gasteiger charge is -2.37. The monoisotopic (exact) mass is 289 g/mol. The lowest BCUT2D eigenvalue weighted by molar-refractivity contribution is 0.208. The van der Waals surface area contributed by atoms with E-state index < -0.39 is 0 Å². The molecule has 1 aromatic rings. The molecular weight excluding hydrogens is 262 g/mol. The second-order valence-electron chi connectivity index (χ2n) is 6.06. The molecule has 2 atom stereocenters. The van der Waals surface area contributed by atoms with Gasteiger partial charge in [-0.1, -0.05) is 19.9 Å². The molecule has 4 nitrogen and oxygen atoms in total. The van der Waals surface area contributed by atoms with Crippen LogP contribution in [0, 0.1) is 11.8 Å². The molecule has 0 aromatic carbocycles. The molecule has 0 radical (unpaired) electrons. The summed E-state index contributed by atoms with van der Waals surface area (Å²) in [6.07, 6.45) is 5.73. The van der Waals surface area contributed by atoms with E-state index in [4.69, 9.17) is 9.41 Å². The molecule has 0 aliphatic carbocycles. The fourth-order valence-electron chi connectivity index (χ4n) is 2.99. The first kappa shape index (κ1) is 15.7. The molecule has 1 N–H and O–H groups in total. The predicted molar refractivity (Wildman–Crippen MR) is 87.4 cm³/mol. The minimum atomic E-state index is 0.717. The molecule has 1 aromatic heterocycles. The summed E-state index contributed by atoms with van der Waals surface area (Å²) in [6, 6.07) is 3.92. The Labute approximate surface area is 127 Å². The largest absolute Gasteiger partial charge is 0.469 e. The summed E-state index contributed by atoms with van der Waals surface area (Å²) in [4.78, 5) is 7.13. The van der Waals surface area contributed by atoms with Crippen molar-refractivity contribution >= 4 is 5.96 Å². The minimum Gasteiger partial charge on any atom is -0.469 e. The van der Waals surface area contributed by atoms with Gasteiger partial charge in [-0.15, -0.1) is 6.58 Å². The maximum Gasteiger partial charge on any atom is 0.194 e. The Morgan fingerprint density at radius 3 is 2.86 bits per heavy atom. The van der Waals surface area contributed by atoms with Gasteiger partial charge in [-0.05, 0) is 30.4 Å². The van der Waals surface area contributed by atoms with Crippen molar-refractivity contribution in [2.24, 2.45) is 16.8 Å². The highest BCUT2D eigenvalue weighted by Gasteiger charge is 2.23. The second-order valence-corrected chi connectivity index (χ2v) is 6.06. The molecule has 1 saturated heterocycles. The van der Waals surface area contributed by atoms with Crippen LogP contribution in [0.2, 0.25) is 0 Å². The number of hydrogen-bond acceptors (Lipinski definition) is 2. The van der Waals surface area contributed by atoms with Crippen molar-refractivity contribution in [3.8, 4) is 0 Å². The molecule has 0 spiro atoms. The molecule has 1 fully saturated rings. The van der Waals surface area contributed by atoms with Gasteiger partial charge in [-0.25, -0.2) is 0 Å². The van der Waals surface area contributed by atoms with Crippen LogP contribution < -0.4 is 5.32 Å². The van der Waals surface area contributed by atoms with E-state index in [-0.39, 0.29) is 0 Å². The average Bonchev–Trinajstić information content (AvgIpc) is 2.94. The standard InChI is InChI=1S/C17H27N3O/c1-4-8-18-17(19-9-7-16-6-5-10-21-16)20-12-14(2)11-15(3)13-20/h4-6,10,14-15H,1,7-9,11-13H2,2-3H3,(H,18,19). The van der Waals surface area contributed by atoms with E-state index in [1.54, 1.807) is 6.26 Å². The van der Waals surface area contributed by atoms with Gasteiger partial charge in [0.2, 0.25) is 0 Å². The molecule has 2 rings (SSSR count). The maximum atomic E-state index is 5.36. The van der Waals surface area contributed by atoms with Crippen molar-refractivity contribution in [2.45, 2.75) is 26.7 Å². The van der Waals surface area contributed by atoms with Gasteiger partial charge < -0.3 is 14.6 Å². The van der Waals surface area contributed by atoms with Gasteiger partial charge in [-0.2, -0.15) is 0 Å². The number of likely N-dealkylation sites (tertiary alicyclic amines) is 1. The fraction of sp³-hybridized carbons (Fsp3) is 0.588. The summed E-state index contributed by atoms with van der Waals surface area (Å²) in [5, 5.41) is 3.39. The van der Waals surface area contributed by atoms with Gasteiger partial charge in [0.05, 0.1) is 6.26 Å². The van der Waals surface area contributed by atoms with Crippen LogP contribution in [0.1, 0.15) is 26.0 Å². The van der Waals surface area contributed by atoms with Gasteiger partial charge in [-0.3, -0.25) is 4.99 Å². The van der Waals surface area contributed by atoms with Crippen LogP contribution in [0.25, 0.3) is 0 Å². The van der Waals surface area contributed by atoms with Gasteiger partial charge in [0, 0.05) is 32.6 Å². The lowest BCUT2D eigenvalue weighted by atomic mass is 9.92. The van der Waals surface area contributed by atoms with Crippen molar-refractivity contribution in [3.05, 3.63) is 36.8 Å². The summed E-state index contributed by atoms with van der Waals surface area (Å²) in [7, 11) is 0. The van der Waals surface area contributed by atoms with Crippen molar-refractivity contribution in [1.82, 2.24) is 10.2 Å². The molecule has 1 aliphatic heterocycles. The zero-order valence-electron chi connectivity index (χ0n) is 13.2. The average molecular weight is 289 g/mol. The smallest absolute Gasteiger partial charge is 0.194 e. The normalized spacial score (nSPS) is 23.1. The Kier molecular flexibility index (Phi) is 5.90. The molecular formula is C17H27N3O. The summed E-state index contributed by atoms with van der Waals surface area (Å²) in [6.45, 7) is 12.1. The zero-order chi connectivity index (χ0) is 15.1. The highest BCUT2D eigenvalue weighted by Crippen LogP contribution is 2.20. The number of furan rings is 1. The lowest BCUT2D eigenvalue weighted by Crippen LogP contribution is -2.48. The van der Waals surface area contributed by atoms with Gasteiger partial charge in [0.1, 0.15) is 5.76 Å². The fourth-order valence-corrected chi connectivity index (χ4v) is 2.99. The first-order valence-electron chi connectivity index (χ1n) is 7.85. The summed E-state index contributed by atoms with van der Waals surface area (Å²) in [5.41, 5.74) is 0. The first-order valence-corrected chi connectivity index (χ1v) is 7.85. The van der Waals surface area contributed by atoms with Crippen molar-refractivity contribution < 1.29 is 4.42 Å². The molecule has 4 heteroatoms. The SMILES string of the molecule is C=CCNC(=NCCc1ccco1)N1CC(C)CC(C)C1. The maximum absolute atomic E-state index is 5.36. The highest BCUT2D eigenvalue weighted by atomic mass is 16.3. The van der Waals surface area contributed by atoms with E-state index in [0.29, 0.717) is 0 Å². The molecule has 116 valence electrons. The Hall–Kier alpha value is -1.71. The minimum absolute atomic E-state index is 0.717. The van der Waals surface area contributed by atoms with Crippen LogP contribution in [-0.2, 0) is 6.42 Å². The Bertz CT molecular complexity index is 443. The van der Waals surface area contributed by atoms with E-state index >= 15 is 0 Å². The van der Waals surface area contributed by atoms with Crippen LogP contribution in [0.15, 0.2) is 40.5 Å². The topological polar surface area (TPSA) is 40.8 Å². The first-order chi connectivity index (χ1) is 10.2. The number of nitrogens with one attached hydrogen (secondary N) is 1. The van der Waals surface area contributed by atoms with Gasteiger partial charge >= 0.3 is 0 Å². The third-order valence-corrected chi connectivity index (χ3v) is 3.77. The van der Waals surface area contributed by atoms with E-state index in [2.05, 4.69) is 30.6 Å². The number of aliphatic imine (C=N–C) groups is 1. The van der Waals surface area contributed by atoms with Gasteiger partial charge in [0.25, 0.3) is 0 Å². The number of guanidine groups is 1. The Morgan fingerprint density at radius 2 is 2.24 bits per heavy atom. The van der Waals surface area contributed by atoms with E-state index in [1.165, 1.54) is 6.42 Å². The third-order valence-electron chi connectivity index (χ3n) is 3.77. The number of hydrogen-bond donors (Lipinski definition) is 1. The molecule has 2 unspecified atom stereocenters. The zero-order valence-corrected chi connectivity index (χ0v) is 13.2. The van der Waals surface area contributed by atoms with Crippen LogP contribution in [0.3, 0.4) is 0 Å². The number of rotatable bonds is 5. The summed E-state index contributed by atoms with van der Waals surface area (Å²) < 4.78 is 5.36. The summed E-state index contributed by atoms with van der Waals surface area (Å²) >= 11 is 0. The van der Waals surface area contributed by atoms with Crippen LogP contribution in [0.4, 0.5) is 0 Å². The quantitative estimate of drug-likeness (QED) is 0.515. The molecule has 0 saturated carbocycles. The molecule has 1 aliphatic rings. The Morgan fingerprint density at radius 1 is 1.48 bits per heavy atom. The van der Waals surface area contributed by atoms with Crippen molar-refractivity contribution in [2.75, 3.05) is 26.2 Å². The molecule has 0 amide bonds. The van der Waals surface area contributed by atoms with Gasteiger partial charge in [0.15, 0.2) is 5.96 Å². The van der Waals surface area contributed by atoms with Crippen LogP contribution in [0.5, 0.6) is 0 Å². The Balaban J connectivity index is 1.96. The molecule has 21 heavy (non-hydrogen) atoms. The predicted octanol–water partition coefficient (Wildman–Crippen LogP) is 2.93. The third kappa shape index (κ3) is 4.96. The van der Waals surface area contributed by atoms with E-state index in [0.717, 1.165) is 56.2 Å². The number of nitrogens with zero attached hydrogens (tertiary/aromatic N) is 2. The van der Waals surface area contributed by atoms with Crippen molar-refractivity contribution in [1.29, 1.82) is 0 Å². The van der Waals surface area contributed by atoms with Crippen molar-refractivity contribution in [3.63, 3.8) is 0 Å². The highest BCUT2D eigenvalue weighted by molar-refractivity contribution is 5.80. The van der Waals surface area contributed by atoms with E-state index in [9.17, 15) is 0 Å². The van der Waals surface area contributed by atoms with E-state index in [1.807, 2.05) is 18.2 Å². The second kappa shape index (κ2) is 7.91. The molecule has 0 bridgehead atoms. The van der Waals surface area contributed by atoms with Crippen LogP contribution in [-0.4, -0.2) is 37.0 Å².